The average Bonchev–Trinajstić information content (AvgIpc) is 2.18. The molecule has 16 heavy (non-hydrogen) atoms. The Labute approximate surface area is 88.0 Å². The van der Waals surface area contributed by atoms with Crippen molar-refractivity contribution in [2.45, 2.75) is 6.36 Å². The summed E-state index contributed by atoms with van der Waals surface area (Å²) in [4.78, 5) is 14.3. The van der Waals surface area contributed by atoms with E-state index in [9.17, 15) is 18.0 Å². The number of esters is 1. The minimum Gasteiger partial charge on any atom is -0.464 e. The Bertz CT molecular complexity index is 406. The fraction of sp³-hybridized carbons (Fsp3) is 0.250. The predicted molar refractivity (Wildman–Crippen MR) is 46.7 cm³/mol. The van der Waals surface area contributed by atoms with Crippen LogP contribution in [0.15, 0.2) is 12.1 Å². The molecule has 1 aromatic heterocycles. The normalized spacial score (nSPS) is 11.0. The van der Waals surface area contributed by atoms with Crippen LogP contribution in [0.3, 0.4) is 0 Å². The first-order valence-electron chi connectivity index (χ1n) is 3.94. The van der Waals surface area contributed by atoms with Crippen molar-refractivity contribution in [3.05, 3.63) is 17.8 Å². The van der Waals surface area contributed by atoms with Crippen molar-refractivity contribution in [2.24, 2.45) is 0 Å². The molecule has 0 aliphatic rings. The van der Waals surface area contributed by atoms with Gasteiger partial charge in [0, 0.05) is 6.07 Å². The predicted octanol–water partition coefficient (Wildman–Crippen LogP) is 1.35. The van der Waals surface area contributed by atoms with Crippen molar-refractivity contribution >= 4 is 11.7 Å². The summed E-state index contributed by atoms with van der Waals surface area (Å²) in [5.74, 6) is -1.72. The van der Waals surface area contributed by atoms with Gasteiger partial charge in [0.05, 0.1) is 12.8 Å². The van der Waals surface area contributed by atoms with Crippen LogP contribution in [-0.4, -0.2) is 24.4 Å². The van der Waals surface area contributed by atoms with Gasteiger partial charge in [0.1, 0.15) is 0 Å². The number of alkyl halides is 3. The van der Waals surface area contributed by atoms with E-state index in [1.54, 1.807) is 0 Å². The Balaban J connectivity index is 3.03. The lowest BCUT2D eigenvalue weighted by Gasteiger charge is -2.09. The molecule has 0 unspecified atom stereocenters. The number of rotatable bonds is 2. The van der Waals surface area contributed by atoms with E-state index in [0.29, 0.717) is 0 Å². The van der Waals surface area contributed by atoms with Gasteiger partial charge < -0.3 is 15.2 Å². The molecule has 1 rings (SSSR count). The number of nitrogens with zero attached hydrogens (tertiary/aromatic N) is 1. The van der Waals surface area contributed by atoms with E-state index in [0.717, 1.165) is 19.2 Å². The van der Waals surface area contributed by atoms with Crippen LogP contribution in [0.4, 0.5) is 18.9 Å². The van der Waals surface area contributed by atoms with Gasteiger partial charge in [0.25, 0.3) is 0 Å². The summed E-state index contributed by atoms with van der Waals surface area (Å²) in [6.07, 6.45) is -4.88. The van der Waals surface area contributed by atoms with E-state index in [2.05, 4.69) is 14.5 Å². The van der Waals surface area contributed by atoms with Gasteiger partial charge in [0.2, 0.25) is 5.88 Å². The van der Waals surface area contributed by atoms with Gasteiger partial charge in [-0.1, -0.05) is 0 Å². The third kappa shape index (κ3) is 3.01. The molecule has 1 aromatic rings. The topological polar surface area (TPSA) is 74.4 Å². The van der Waals surface area contributed by atoms with E-state index in [1.807, 2.05) is 0 Å². The maximum absolute atomic E-state index is 11.8. The molecule has 0 amide bonds. The molecular weight excluding hydrogens is 229 g/mol. The monoisotopic (exact) mass is 236 g/mol. The molecule has 88 valence electrons. The summed E-state index contributed by atoms with van der Waals surface area (Å²) < 4.78 is 43.3. The number of methoxy groups -OCH3 is 1. The minimum absolute atomic E-state index is 0.0959. The highest BCUT2D eigenvalue weighted by molar-refractivity contribution is 5.92. The average molecular weight is 236 g/mol. The van der Waals surface area contributed by atoms with Gasteiger partial charge in [0.15, 0.2) is 5.69 Å². The number of ether oxygens (including phenoxy) is 2. The van der Waals surface area contributed by atoms with Crippen molar-refractivity contribution in [1.82, 2.24) is 4.98 Å². The highest BCUT2D eigenvalue weighted by atomic mass is 19.4. The van der Waals surface area contributed by atoms with E-state index in [1.165, 1.54) is 0 Å². The van der Waals surface area contributed by atoms with Crippen LogP contribution < -0.4 is 10.5 Å². The summed E-state index contributed by atoms with van der Waals surface area (Å²) in [5, 5.41) is 0. The van der Waals surface area contributed by atoms with Gasteiger partial charge in [-0.15, -0.1) is 13.2 Å². The van der Waals surface area contributed by atoms with Gasteiger partial charge >= 0.3 is 12.3 Å². The number of nitrogen functional groups attached to an aromatic ring is 1. The number of aromatic nitrogens is 1. The second-order valence-corrected chi connectivity index (χ2v) is 2.63. The fourth-order valence-electron chi connectivity index (χ4n) is 0.888. The Morgan fingerprint density at radius 1 is 1.44 bits per heavy atom. The molecule has 0 bridgehead atoms. The zero-order valence-corrected chi connectivity index (χ0v) is 8.04. The molecule has 5 nitrogen and oxygen atoms in total. The third-order valence-corrected chi connectivity index (χ3v) is 1.50. The fourth-order valence-corrected chi connectivity index (χ4v) is 0.888. The SMILES string of the molecule is COC(=O)c1nc(OC(F)(F)F)ccc1N. The van der Waals surface area contributed by atoms with Crippen LogP contribution in [0.25, 0.3) is 0 Å². The van der Waals surface area contributed by atoms with Crippen molar-refractivity contribution in [2.75, 3.05) is 12.8 Å². The largest absolute Gasteiger partial charge is 0.574 e. The second kappa shape index (κ2) is 4.25. The number of hydrogen-bond acceptors (Lipinski definition) is 5. The Morgan fingerprint density at radius 3 is 2.56 bits per heavy atom. The Kier molecular flexibility index (Phi) is 3.21. The van der Waals surface area contributed by atoms with Crippen molar-refractivity contribution in [3.8, 4) is 5.88 Å². The maximum Gasteiger partial charge on any atom is 0.574 e. The van der Waals surface area contributed by atoms with Crippen LogP contribution in [0.1, 0.15) is 10.5 Å². The van der Waals surface area contributed by atoms with Crippen LogP contribution in [0, 0.1) is 0 Å². The molecule has 2 N–H and O–H groups in total. The van der Waals surface area contributed by atoms with Crippen LogP contribution in [0.5, 0.6) is 5.88 Å². The number of pyridine rings is 1. The summed E-state index contributed by atoms with van der Waals surface area (Å²) in [6.45, 7) is 0. The molecule has 0 aliphatic carbocycles. The molecule has 8 heteroatoms. The van der Waals surface area contributed by atoms with Crippen molar-refractivity contribution in [3.63, 3.8) is 0 Å². The number of anilines is 1. The van der Waals surface area contributed by atoms with E-state index in [4.69, 9.17) is 5.73 Å². The summed E-state index contributed by atoms with van der Waals surface area (Å²) >= 11 is 0. The highest BCUT2D eigenvalue weighted by Gasteiger charge is 2.32. The van der Waals surface area contributed by atoms with Gasteiger partial charge in [-0.25, -0.2) is 9.78 Å². The zero-order valence-electron chi connectivity index (χ0n) is 8.04. The third-order valence-electron chi connectivity index (χ3n) is 1.50. The molecule has 0 aliphatic heterocycles. The first kappa shape index (κ1) is 12.1. The molecule has 0 spiro atoms. The molecular formula is C8H7F3N2O3. The summed E-state index contributed by atoms with van der Waals surface area (Å²) in [6, 6.07) is 1.97. The van der Waals surface area contributed by atoms with Crippen LogP contribution in [0.2, 0.25) is 0 Å². The molecule has 0 aromatic carbocycles. The number of carbonyl (C=O) groups excluding carboxylic acids is 1. The molecule has 1 heterocycles. The van der Waals surface area contributed by atoms with Gasteiger partial charge in [-0.05, 0) is 6.07 Å². The lowest BCUT2D eigenvalue weighted by atomic mass is 10.3. The van der Waals surface area contributed by atoms with Gasteiger partial charge in [-0.2, -0.15) is 0 Å². The molecule has 0 fully saturated rings. The molecule has 0 saturated carbocycles. The lowest BCUT2D eigenvalue weighted by Crippen LogP contribution is -2.19. The minimum atomic E-state index is -4.88. The summed E-state index contributed by atoms with van der Waals surface area (Å²) in [7, 11) is 1.06. The quantitative estimate of drug-likeness (QED) is 0.784. The number of carbonyl (C=O) groups is 1. The smallest absolute Gasteiger partial charge is 0.464 e. The Hall–Kier alpha value is -1.99. The van der Waals surface area contributed by atoms with Crippen LogP contribution in [-0.2, 0) is 4.74 Å². The second-order valence-electron chi connectivity index (χ2n) is 2.63. The van der Waals surface area contributed by atoms with E-state index >= 15 is 0 Å². The number of halogens is 3. The first-order valence-corrected chi connectivity index (χ1v) is 3.94. The molecule has 0 saturated heterocycles. The van der Waals surface area contributed by atoms with Gasteiger partial charge in [-0.3, -0.25) is 0 Å². The summed E-state index contributed by atoms with van der Waals surface area (Å²) in [5.41, 5.74) is 4.81. The van der Waals surface area contributed by atoms with E-state index in [-0.39, 0.29) is 5.69 Å². The zero-order chi connectivity index (χ0) is 12.3. The van der Waals surface area contributed by atoms with Crippen molar-refractivity contribution < 1.29 is 27.4 Å². The first-order chi connectivity index (χ1) is 7.33. The molecule has 0 atom stereocenters. The van der Waals surface area contributed by atoms with Crippen LogP contribution >= 0.6 is 0 Å². The number of nitrogens with two attached hydrogens (primary N) is 1. The standard InChI is InChI=1S/C8H7F3N2O3/c1-15-7(14)6-4(12)2-3-5(13-6)16-8(9,10)11/h2-3H,12H2,1H3. The highest BCUT2D eigenvalue weighted by Crippen LogP contribution is 2.23. The Morgan fingerprint density at radius 2 is 2.06 bits per heavy atom. The lowest BCUT2D eigenvalue weighted by molar-refractivity contribution is -0.276. The maximum atomic E-state index is 11.8. The molecule has 0 radical (unpaired) electrons. The number of hydrogen-bond donors (Lipinski definition) is 1. The van der Waals surface area contributed by atoms with E-state index < -0.39 is 23.9 Å². The van der Waals surface area contributed by atoms with Crippen molar-refractivity contribution in [1.29, 1.82) is 0 Å².